The zero-order valence-corrected chi connectivity index (χ0v) is 29.6. The summed E-state index contributed by atoms with van der Waals surface area (Å²) in [5.74, 6) is -0.795. The van der Waals surface area contributed by atoms with Gasteiger partial charge in [-0.2, -0.15) is 0 Å². The lowest BCUT2D eigenvalue weighted by Gasteiger charge is -2.35. The van der Waals surface area contributed by atoms with E-state index in [1.54, 1.807) is 12.1 Å². The first-order valence-electron chi connectivity index (χ1n) is 16.2. The molecule has 1 N–H and O–H groups in total. The molecule has 1 atom stereocenters. The third kappa shape index (κ3) is 8.98. The van der Waals surface area contributed by atoms with Crippen molar-refractivity contribution in [3.8, 4) is 0 Å². The predicted molar refractivity (Wildman–Crippen MR) is 193 cm³/mol. The smallest absolute Gasteiger partial charge is 0.264 e. The lowest BCUT2D eigenvalue weighted by Crippen LogP contribution is -2.55. The van der Waals surface area contributed by atoms with E-state index in [9.17, 15) is 18.0 Å². The second-order valence-electron chi connectivity index (χ2n) is 12.4. The van der Waals surface area contributed by atoms with Crippen molar-refractivity contribution in [1.82, 2.24) is 10.2 Å². The highest BCUT2D eigenvalue weighted by molar-refractivity contribution is 7.92. The van der Waals surface area contributed by atoms with Crippen LogP contribution in [-0.2, 0) is 32.6 Å². The van der Waals surface area contributed by atoms with Crippen LogP contribution in [0.4, 0.5) is 5.69 Å². The van der Waals surface area contributed by atoms with Crippen molar-refractivity contribution in [3.63, 3.8) is 0 Å². The number of halogens is 2. The molecule has 4 aromatic rings. The summed E-state index contributed by atoms with van der Waals surface area (Å²) >= 11 is 12.7. The van der Waals surface area contributed by atoms with Gasteiger partial charge in [0.15, 0.2) is 0 Å². The minimum atomic E-state index is -4.27. The van der Waals surface area contributed by atoms with Gasteiger partial charge in [0.1, 0.15) is 12.6 Å². The van der Waals surface area contributed by atoms with Gasteiger partial charge in [-0.1, -0.05) is 115 Å². The molecule has 10 heteroatoms. The maximum absolute atomic E-state index is 14.7. The van der Waals surface area contributed by atoms with Crippen molar-refractivity contribution in [2.45, 2.75) is 75.9 Å². The Kier molecular flexibility index (Phi) is 11.8. The quantitative estimate of drug-likeness (QED) is 0.162. The normalized spacial score (nSPS) is 14.2. The molecule has 0 aromatic heterocycles. The number of anilines is 1. The molecule has 2 amide bonds. The average Bonchev–Trinajstić information content (AvgIpc) is 3.06. The van der Waals surface area contributed by atoms with Crippen molar-refractivity contribution >= 4 is 50.7 Å². The van der Waals surface area contributed by atoms with Gasteiger partial charge in [0, 0.05) is 29.1 Å². The highest BCUT2D eigenvalue weighted by atomic mass is 35.5. The Hall–Kier alpha value is -3.85. The van der Waals surface area contributed by atoms with Gasteiger partial charge in [0.25, 0.3) is 10.0 Å². The summed E-state index contributed by atoms with van der Waals surface area (Å²) in [5, 5.41) is 3.68. The van der Waals surface area contributed by atoms with E-state index in [4.69, 9.17) is 23.2 Å². The van der Waals surface area contributed by atoms with Gasteiger partial charge in [-0.25, -0.2) is 8.42 Å². The van der Waals surface area contributed by atoms with E-state index in [0.29, 0.717) is 0 Å². The molecule has 5 rings (SSSR count). The van der Waals surface area contributed by atoms with Crippen LogP contribution in [0.25, 0.3) is 0 Å². The van der Waals surface area contributed by atoms with E-state index in [1.165, 1.54) is 35.2 Å². The minimum absolute atomic E-state index is 0.0123. The van der Waals surface area contributed by atoms with E-state index >= 15 is 0 Å². The summed E-state index contributed by atoms with van der Waals surface area (Å²) in [6.45, 7) is 3.34. The molecule has 0 heterocycles. The molecule has 0 aliphatic heterocycles. The average molecular weight is 707 g/mol. The Balaban J connectivity index is 1.59. The molecule has 4 aromatic carbocycles. The molecule has 1 saturated carbocycles. The molecule has 0 saturated heterocycles. The topological polar surface area (TPSA) is 86.8 Å². The SMILES string of the molecule is Cc1ccc(S(=O)(=O)N(CC(=O)N(Cc2ccccc2C)[C@@H](Cc2ccccc2)C(=O)NC2CCCCC2)c2cc(Cl)cc(Cl)c2)cc1. The molecular weight excluding hydrogens is 665 g/mol. The third-order valence-corrected chi connectivity index (χ3v) is 11.1. The Morgan fingerprint density at radius 3 is 2.10 bits per heavy atom. The molecule has 0 spiro atoms. The number of carbonyl (C=O) groups excluding carboxylic acids is 2. The van der Waals surface area contributed by atoms with Crippen LogP contribution >= 0.6 is 23.2 Å². The highest BCUT2D eigenvalue weighted by Crippen LogP contribution is 2.31. The fourth-order valence-corrected chi connectivity index (χ4v) is 8.03. The highest BCUT2D eigenvalue weighted by Gasteiger charge is 2.35. The molecule has 1 fully saturated rings. The first-order chi connectivity index (χ1) is 23.0. The molecule has 48 heavy (non-hydrogen) atoms. The Morgan fingerprint density at radius 1 is 0.833 bits per heavy atom. The van der Waals surface area contributed by atoms with Crippen LogP contribution in [0.1, 0.15) is 54.4 Å². The number of aryl methyl sites for hydroxylation is 2. The summed E-state index contributed by atoms with van der Waals surface area (Å²) in [6.07, 6.45) is 5.23. The number of nitrogens with one attached hydrogen (secondary N) is 1. The molecule has 252 valence electrons. The fourth-order valence-electron chi connectivity index (χ4n) is 6.12. The van der Waals surface area contributed by atoms with Crippen molar-refractivity contribution < 1.29 is 18.0 Å². The number of amides is 2. The second-order valence-corrected chi connectivity index (χ2v) is 15.2. The zero-order valence-electron chi connectivity index (χ0n) is 27.2. The van der Waals surface area contributed by atoms with E-state index in [0.717, 1.165) is 58.7 Å². The number of sulfonamides is 1. The first-order valence-corrected chi connectivity index (χ1v) is 18.4. The molecule has 1 aliphatic rings. The van der Waals surface area contributed by atoms with Crippen molar-refractivity contribution in [1.29, 1.82) is 0 Å². The maximum atomic E-state index is 14.7. The Morgan fingerprint density at radius 2 is 1.46 bits per heavy atom. The number of benzene rings is 4. The van der Waals surface area contributed by atoms with Gasteiger partial charge in [-0.3, -0.25) is 13.9 Å². The summed E-state index contributed by atoms with van der Waals surface area (Å²) < 4.78 is 29.6. The molecule has 0 bridgehead atoms. The number of hydrogen-bond acceptors (Lipinski definition) is 4. The van der Waals surface area contributed by atoms with Gasteiger partial charge in [0.05, 0.1) is 10.6 Å². The largest absolute Gasteiger partial charge is 0.352 e. The zero-order chi connectivity index (χ0) is 34.3. The minimum Gasteiger partial charge on any atom is -0.352 e. The van der Waals surface area contributed by atoms with Crippen LogP contribution < -0.4 is 9.62 Å². The number of rotatable bonds is 12. The fraction of sp³-hybridized carbons (Fsp3) is 0.316. The third-order valence-electron chi connectivity index (χ3n) is 8.85. The van der Waals surface area contributed by atoms with E-state index in [2.05, 4.69) is 5.32 Å². The van der Waals surface area contributed by atoms with Crippen molar-refractivity contribution in [3.05, 3.63) is 129 Å². The van der Waals surface area contributed by atoms with Gasteiger partial charge >= 0.3 is 0 Å². The lowest BCUT2D eigenvalue weighted by atomic mass is 9.94. The van der Waals surface area contributed by atoms with Gasteiger partial charge in [-0.05, 0) is 73.7 Å². The Labute approximate surface area is 293 Å². The number of hydrogen-bond donors (Lipinski definition) is 1. The van der Waals surface area contributed by atoms with Crippen LogP contribution in [0.5, 0.6) is 0 Å². The van der Waals surface area contributed by atoms with Gasteiger partial charge in [-0.15, -0.1) is 0 Å². The predicted octanol–water partition coefficient (Wildman–Crippen LogP) is 7.89. The summed E-state index contributed by atoms with van der Waals surface area (Å²) in [6, 6.07) is 27.2. The lowest BCUT2D eigenvalue weighted by molar-refractivity contribution is -0.140. The van der Waals surface area contributed by atoms with Gasteiger partial charge in [0.2, 0.25) is 11.8 Å². The number of carbonyl (C=O) groups is 2. The van der Waals surface area contributed by atoms with Crippen LogP contribution in [0.2, 0.25) is 10.0 Å². The summed E-state index contributed by atoms with van der Waals surface area (Å²) in [7, 11) is -4.27. The van der Waals surface area contributed by atoms with E-state index < -0.39 is 28.5 Å². The van der Waals surface area contributed by atoms with Crippen LogP contribution in [0, 0.1) is 13.8 Å². The molecule has 1 aliphatic carbocycles. The standard InChI is InChI=1S/C38H41Cl2N3O4S/c1-27-17-19-35(20-18-27)48(46,47)43(34-23-31(39)22-32(40)24-34)26-37(44)42(25-30-14-10-9-11-28(30)2)36(21-29-12-5-3-6-13-29)38(45)41-33-15-7-4-8-16-33/h3,5-6,9-14,17-20,22-24,33,36H,4,7-8,15-16,21,25-26H2,1-2H3,(H,41,45)/t36-/m0/s1. The molecule has 0 unspecified atom stereocenters. The Bertz CT molecular complexity index is 1810. The molecule has 7 nitrogen and oxygen atoms in total. The van der Waals surface area contributed by atoms with Crippen LogP contribution in [0.3, 0.4) is 0 Å². The summed E-state index contributed by atoms with van der Waals surface area (Å²) in [5.41, 5.74) is 3.72. The van der Waals surface area contributed by atoms with Gasteiger partial charge < -0.3 is 10.2 Å². The maximum Gasteiger partial charge on any atom is 0.264 e. The number of nitrogens with zero attached hydrogens (tertiary/aromatic N) is 2. The van der Waals surface area contributed by atoms with Crippen LogP contribution in [0.15, 0.2) is 102 Å². The summed E-state index contributed by atoms with van der Waals surface area (Å²) in [4.78, 5) is 30.5. The van der Waals surface area contributed by atoms with Crippen LogP contribution in [-0.4, -0.2) is 43.8 Å². The molecular formula is C38H41Cl2N3O4S. The second kappa shape index (κ2) is 16.0. The monoisotopic (exact) mass is 705 g/mol. The first kappa shape index (κ1) is 35.5. The van der Waals surface area contributed by atoms with E-state index in [1.807, 2.05) is 68.4 Å². The van der Waals surface area contributed by atoms with E-state index in [-0.39, 0.29) is 45.5 Å². The van der Waals surface area contributed by atoms with Crippen molar-refractivity contribution in [2.75, 3.05) is 10.8 Å². The molecule has 0 radical (unpaired) electrons. The van der Waals surface area contributed by atoms with Crippen molar-refractivity contribution in [2.24, 2.45) is 0 Å².